The first-order valence-electron chi connectivity index (χ1n) is 13.0. The molecule has 2 aromatic carbocycles. The minimum absolute atomic E-state index is 0.149. The first-order valence-corrected chi connectivity index (χ1v) is 13.8. The minimum Gasteiger partial charge on any atom is -0.484 e. The topological polar surface area (TPSA) is 127 Å². The number of carbonyl (C=O) groups excluding carboxylic acids is 3. The number of benzene rings is 2. The second-order valence-electron chi connectivity index (χ2n) is 10.1. The van der Waals surface area contributed by atoms with Crippen LogP contribution in [0.5, 0.6) is 5.75 Å². The van der Waals surface area contributed by atoms with Crippen molar-refractivity contribution in [3.8, 4) is 5.75 Å². The van der Waals surface area contributed by atoms with E-state index >= 15 is 0 Å². The Kier molecular flexibility index (Phi) is 9.36. The van der Waals surface area contributed by atoms with Gasteiger partial charge in [-0.2, -0.15) is 0 Å². The zero-order valence-electron chi connectivity index (χ0n) is 22.7. The molecule has 2 aliphatic heterocycles. The van der Waals surface area contributed by atoms with Crippen LogP contribution in [0.3, 0.4) is 0 Å². The molecule has 1 saturated heterocycles. The van der Waals surface area contributed by atoms with Gasteiger partial charge in [0.15, 0.2) is 12.3 Å². The van der Waals surface area contributed by atoms with Gasteiger partial charge in [0.05, 0.1) is 24.6 Å². The van der Waals surface area contributed by atoms with Crippen LogP contribution in [0.1, 0.15) is 33.6 Å². The highest BCUT2D eigenvalue weighted by Crippen LogP contribution is 2.44. The van der Waals surface area contributed by atoms with E-state index in [1.807, 2.05) is 50.2 Å². The van der Waals surface area contributed by atoms with E-state index < -0.39 is 29.6 Å². The summed E-state index contributed by atoms with van der Waals surface area (Å²) >= 11 is 1.66. The fourth-order valence-electron chi connectivity index (χ4n) is 4.37. The van der Waals surface area contributed by atoms with Crippen LogP contribution in [0, 0.1) is 5.92 Å². The van der Waals surface area contributed by atoms with Crippen LogP contribution in [0.15, 0.2) is 52.3 Å². The number of carbonyl (C=O) groups is 3. The molecule has 0 aliphatic carbocycles. The van der Waals surface area contributed by atoms with Crippen molar-refractivity contribution in [3.63, 3.8) is 0 Å². The van der Waals surface area contributed by atoms with Gasteiger partial charge in [0, 0.05) is 29.4 Å². The van der Waals surface area contributed by atoms with Crippen LogP contribution < -0.4 is 26.0 Å². The summed E-state index contributed by atoms with van der Waals surface area (Å²) in [6, 6.07) is 12.0. The highest BCUT2D eigenvalue weighted by molar-refractivity contribution is 7.99. The van der Waals surface area contributed by atoms with E-state index in [-0.39, 0.29) is 25.0 Å². The van der Waals surface area contributed by atoms with Crippen molar-refractivity contribution < 1.29 is 28.6 Å². The van der Waals surface area contributed by atoms with Gasteiger partial charge in [-0.15, -0.1) is 0 Å². The molecule has 0 saturated carbocycles. The van der Waals surface area contributed by atoms with E-state index in [0.29, 0.717) is 25.2 Å². The molecule has 10 nitrogen and oxygen atoms in total. The van der Waals surface area contributed by atoms with Crippen LogP contribution in [0.2, 0.25) is 0 Å². The van der Waals surface area contributed by atoms with E-state index in [0.717, 1.165) is 21.2 Å². The zero-order valence-corrected chi connectivity index (χ0v) is 23.5. The Morgan fingerprint density at radius 2 is 1.82 bits per heavy atom. The molecule has 0 unspecified atom stereocenters. The number of amides is 3. The molecule has 4 rings (SSSR count). The fraction of sp³-hybridized carbons (Fsp3) is 0.464. The van der Waals surface area contributed by atoms with Crippen molar-refractivity contribution in [2.45, 2.75) is 61.2 Å². The summed E-state index contributed by atoms with van der Waals surface area (Å²) < 4.78 is 16.6. The smallest absolute Gasteiger partial charge is 0.258 e. The normalized spacial score (nSPS) is 19.2. The molecule has 2 heterocycles. The Bertz CT molecular complexity index is 1200. The standard InChI is InChI=1S/C28H36N4O6S/c1-17(2)13-22(27(35)32-28(36-4)11-12-37-16-28)31-26(34)18(3)29-25(33)15-38-19-9-10-24-21(14-19)30-20-7-5-6-8-23(20)39-24/h5-10,14,17-18,22,30H,11-13,15-16H2,1-4H3,(H,29,33)(H,31,34)(H,32,35)/t18-,22-,28-/m0/s1. The van der Waals surface area contributed by atoms with Gasteiger partial charge >= 0.3 is 0 Å². The quantitative estimate of drug-likeness (QED) is 0.265. The number of fused-ring (bicyclic) bond motifs is 2. The lowest BCUT2D eigenvalue weighted by Crippen LogP contribution is -2.59. The summed E-state index contributed by atoms with van der Waals surface area (Å²) in [6.07, 6.45) is 0.952. The highest BCUT2D eigenvalue weighted by Gasteiger charge is 2.38. The Hall–Kier alpha value is -3.28. The van der Waals surface area contributed by atoms with Gasteiger partial charge < -0.3 is 35.5 Å². The maximum Gasteiger partial charge on any atom is 0.258 e. The van der Waals surface area contributed by atoms with Crippen LogP contribution in [0.25, 0.3) is 0 Å². The summed E-state index contributed by atoms with van der Waals surface area (Å²) in [5.41, 5.74) is 1.02. The van der Waals surface area contributed by atoms with Crippen LogP contribution in [-0.4, -0.2) is 62.5 Å². The van der Waals surface area contributed by atoms with Crippen LogP contribution >= 0.6 is 11.8 Å². The Balaban J connectivity index is 1.28. The molecular formula is C28H36N4O6S. The Labute approximate surface area is 232 Å². The molecule has 3 amide bonds. The fourth-order valence-corrected chi connectivity index (χ4v) is 5.34. The van der Waals surface area contributed by atoms with Crippen molar-refractivity contribution in [1.82, 2.24) is 16.0 Å². The molecule has 210 valence electrons. The summed E-state index contributed by atoms with van der Waals surface area (Å²) in [7, 11) is 1.52. The molecule has 0 bridgehead atoms. The molecule has 0 radical (unpaired) electrons. The Morgan fingerprint density at radius 1 is 1.05 bits per heavy atom. The van der Waals surface area contributed by atoms with E-state index in [9.17, 15) is 14.4 Å². The number of para-hydroxylation sites is 1. The van der Waals surface area contributed by atoms with Crippen molar-refractivity contribution in [1.29, 1.82) is 0 Å². The molecule has 39 heavy (non-hydrogen) atoms. The molecule has 1 fully saturated rings. The summed E-state index contributed by atoms with van der Waals surface area (Å²) in [4.78, 5) is 40.7. The summed E-state index contributed by atoms with van der Waals surface area (Å²) in [5.74, 6) is -0.588. The predicted molar refractivity (Wildman–Crippen MR) is 148 cm³/mol. The van der Waals surface area contributed by atoms with Crippen LogP contribution in [0.4, 0.5) is 11.4 Å². The number of anilines is 2. The number of methoxy groups -OCH3 is 1. The number of ether oxygens (including phenoxy) is 3. The lowest BCUT2D eigenvalue weighted by Gasteiger charge is -2.30. The predicted octanol–water partition coefficient (Wildman–Crippen LogP) is 3.19. The third-order valence-corrected chi connectivity index (χ3v) is 7.69. The number of rotatable bonds is 11. The van der Waals surface area contributed by atoms with Crippen molar-refractivity contribution >= 4 is 40.9 Å². The van der Waals surface area contributed by atoms with E-state index in [4.69, 9.17) is 14.2 Å². The Morgan fingerprint density at radius 3 is 2.54 bits per heavy atom. The molecule has 0 spiro atoms. The van der Waals surface area contributed by atoms with Gasteiger partial charge in [0.2, 0.25) is 11.8 Å². The van der Waals surface area contributed by atoms with Crippen molar-refractivity contribution in [2.75, 3.05) is 32.2 Å². The third-order valence-electron chi connectivity index (χ3n) is 6.54. The van der Waals surface area contributed by atoms with Gasteiger partial charge in [-0.1, -0.05) is 37.7 Å². The molecule has 2 aromatic rings. The first-order chi connectivity index (χ1) is 18.7. The van der Waals surface area contributed by atoms with Crippen molar-refractivity contribution in [3.05, 3.63) is 42.5 Å². The van der Waals surface area contributed by atoms with Gasteiger partial charge in [-0.25, -0.2) is 0 Å². The molecule has 11 heteroatoms. The highest BCUT2D eigenvalue weighted by atomic mass is 32.2. The SMILES string of the molecule is CO[C@@]1(NC(=O)[C@H](CC(C)C)NC(=O)[C@H](C)NC(=O)COc2ccc3c(c2)Nc2ccccc2S3)CCOC1. The number of nitrogens with one attached hydrogen (secondary N) is 4. The van der Waals surface area contributed by atoms with E-state index in [1.165, 1.54) is 7.11 Å². The molecular weight excluding hydrogens is 520 g/mol. The molecule has 3 atom stereocenters. The van der Waals surface area contributed by atoms with E-state index in [2.05, 4.69) is 27.3 Å². The summed E-state index contributed by atoms with van der Waals surface area (Å²) in [6.45, 7) is 5.97. The largest absolute Gasteiger partial charge is 0.484 e. The average Bonchev–Trinajstić information content (AvgIpc) is 3.38. The van der Waals surface area contributed by atoms with Gasteiger partial charge in [-0.05, 0) is 43.5 Å². The second-order valence-corrected chi connectivity index (χ2v) is 11.2. The minimum atomic E-state index is -0.900. The zero-order chi connectivity index (χ0) is 28.0. The molecule has 4 N–H and O–H groups in total. The monoisotopic (exact) mass is 556 g/mol. The maximum absolute atomic E-state index is 13.0. The average molecular weight is 557 g/mol. The van der Waals surface area contributed by atoms with Crippen LogP contribution in [-0.2, 0) is 23.9 Å². The number of hydrogen-bond donors (Lipinski definition) is 4. The lowest BCUT2D eigenvalue weighted by molar-refractivity contribution is -0.137. The van der Waals surface area contributed by atoms with Gasteiger partial charge in [0.1, 0.15) is 17.8 Å². The number of hydrogen-bond acceptors (Lipinski definition) is 8. The van der Waals surface area contributed by atoms with Gasteiger partial charge in [0.25, 0.3) is 5.91 Å². The lowest BCUT2D eigenvalue weighted by atomic mass is 10.0. The third kappa shape index (κ3) is 7.43. The first kappa shape index (κ1) is 28.7. The van der Waals surface area contributed by atoms with Gasteiger partial charge in [-0.3, -0.25) is 14.4 Å². The second kappa shape index (κ2) is 12.7. The molecule has 2 aliphatic rings. The maximum atomic E-state index is 13.0. The molecule has 0 aromatic heterocycles. The van der Waals surface area contributed by atoms with E-state index in [1.54, 1.807) is 18.7 Å². The summed E-state index contributed by atoms with van der Waals surface area (Å²) in [5, 5.41) is 11.7. The van der Waals surface area contributed by atoms with Crippen molar-refractivity contribution in [2.24, 2.45) is 5.92 Å².